The predicted octanol–water partition coefficient (Wildman–Crippen LogP) is 1.50. The van der Waals surface area contributed by atoms with E-state index in [0.29, 0.717) is 19.2 Å². The van der Waals surface area contributed by atoms with E-state index >= 15 is 0 Å². The molecule has 0 aliphatic carbocycles. The largest absolute Gasteiger partial charge is 0.432 e. The minimum absolute atomic E-state index is 0.258. The van der Waals surface area contributed by atoms with Gasteiger partial charge in [0.2, 0.25) is 0 Å². The fraction of sp³-hybridized carbons (Fsp3) is 0.636. The molecular formula is C11H17F3N4O. The zero-order valence-corrected chi connectivity index (χ0v) is 10.8. The van der Waals surface area contributed by atoms with Gasteiger partial charge in [0, 0.05) is 19.2 Å². The molecule has 1 amide bonds. The van der Waals surface area contributed by atoms with Crippen molar-refractivity contribution >= 4 is 5.91 Å². The standard InChI is InChI=1S/C11H17F3N4O/c1-3-18(4-2)6-5-15-10(19)8-7-9(17-16-8)11(12,13)14/h7H,3-6H2,1-2H3,(H,15,19)(H,16,17). The summed E-state index contributed by atoms with van der Waals surface area (Å²) in [5, 5.41) is 7.68. The Kier molecular flexibility index (Phi) is 5.34. The van der Waals surface area contributed by atoms with Gasteiger partial charge in [-0.1, -0.05) is 13.8 Å². The maximum Gasteiger partial charge on any atom is 0.432 e. The van der Waals surface area contributed by atoms with Gasteiger partial charge in [0.15, 0.2) is 5.69 Å². The van der Waals surface area contributed by atoms with Crippen molar-refractivity contribution in [3.05, 3.63) is 17.5 Å². The van der Waals surface area contributed by atoms with E-state index in [-0.39, 0.29) is 5.69 Å². The number of hydrogen-bond donors (Lipinski definition) is 2. The number of carbonyl (C=O) groups excluding carboxylic acids is 1. The van der Waals surface area contributed by atoms with Crippen LogP contribution in [0.2, 0.25) is 0 Å². The molecule has 0 bridgehead atoms. The van der Waals surface area contributed by atoms with Crippen LogP contribution in [0.1, 0.15) is 30.0 Å². The van der Waals surface area contributed by atoms with E-state index < -0.39 is 17.8 Å². The molecule has 0 radical (unpaired) electrons. The Morgan fingerprint density at radius 3 is 2.53 bits per heavy atom. The molecule has 1 rings (SSSR count). The van der Waals surface area contributed by atoms with Crippen molar-refractivity contribution in [3.63, 3.8) is 0 Å². The number of amides is 1. The van der Waals surface area contributed by atoms with Crippen LogP contribution in [-0.2, 0) is 6.18 Å². The summed E-state index contributed by atoms with van der Waals surface area (Å²) in [5.41, 5.74) is -1.28. The molecule has 19 heavy (non-hydrogen) atoms. The molecule has 1 heterocycles. The molecule has 0 fully saturated rings. The Morgan fingerprint density at radius 2 is 2.05 bits per heavy atom. The molecule has 1 aromatic heterocycles. The van der Waals surface area contributed by atoms with Gasteiger partial charge in [0.25, 0.3) is 5.91 Å². The number of H-pyrrole nitrogens is 1. The van der Waals surface area contributed by atoms with Crippen LogP contribution in [0, 0.1) is 0 Å². The number of likely N-dealkylation sites (N-methyl/N-ethyl adjacent to an activating group) is 1. The highest BCUT2D eigenvalue weighted by molar-refractivity contribution is 5.92. The summed E-state index contributed by atoms with van der Waals surface area (Å²) < 4.78 is 36.9. The summed E-state index contributed by atoms with van der Waals surface area (Å²) in [4.78, 5) is 13.7. The summed E-state index contributed by atoms with van der Waals surface area (Å²) in [6, 6.07) is 0.701. The normalized spacial score (nSPS) is 11.9. The molecule has 0 saturated heterocycles. The lowest BCUT2D eigenvalue weighted by molar-refractivity contribution is -0.141. The Bertz CT molecular complexity index is 412. The van der Waals surface area contributed by atoms with Crippen LogP contribution in [0.15, 0.2) is 6.07 Å². The lowest BCUT2D eigenvalue weighted by Crippen LogP contribution is -2.34. The van der Waals surface area contributed by atoms with E-state index in [1.807, 2.05) is 13.8 Å². The summed E-state index contributed by atoms with van der Waals surface area (Å²) in [6.45, 7) is 6.72. The van der Waals surface area contributed by atoms with Gasteiger partial charge in [-0.2, -0.15) is 18.3 Å². The fourth-order valence-electron chi connectivity index (χ4n) is 1.54. The highest BCUT2D eigenvalue weighted by atomic mass is 19.4. The third kappa shape index (κ3) is 4.55. The fourth-order valence-corrected chi connectivity index (χ4v) is 1.54. The number of rotatable bonds is 6. The van der Waals surface area contributed by atoms with E-state index in [4.69, 9.17) is 0 Å². The first kappa shape index (κ1) is 15.5. The summed E-state index contributed by atoms with van der Waals surface area (Å²) in [7, 11) is 0. The van der Waals surface area contributed by atoms with Gasteiger partial charge in [-0.15, -0.1) is 0 Å². The number of nitrogens with one attached hydrogen (secondary N) is 2. The zero-order valence-electron chi connectivity index (χ0n) is 10.8. The molecule has 2 N–H and O–H groups in total. The first-order chi connectivity index (χ1) is 8.88. The van der Waals surface area contributed by atoms with Crippen LogP contribution < -0.4 is 5.32 Å². The van der Waals surface area contributed by atoms with Crippen LogP contribution in [-0.4, -0.2) is 47.2 Å². The van der Waals surface area contributed by atoms with Gasteiger partial charge in [-0.05, 0) is 13.1 Å². The van der Waals surface area contributed by atoms with Gasteiger partial charge in [-0.25, -0.2) is 0 Å². The second-order valence-electron chi connectivity index (χ2n) is 3.95. The molecule has 1 aromatic rings. The van der Waals surface area contributed by atoms with Gasteiger partial charge < -0.3 is 10.2 Å². The highest BCUT2D eigenvalue weighted by Gasteiger charge is 2.33. The van der Waals surface area contributed by atoms with Crippen LogP contribution in [0.4, 0.5) is 13.2 Å². The van der Waals surface area contributed by atoms with E-state index in [0.717, 1.165) is 13.1 Å². The predicted molar refractivity (Wildman–Crippen MR) is 63.7 cm³/mol. The lowest BCUT2D eigenvalue weighted by Gasteiger charge is -2.17. The molecule has 0 aromatic carbocycles. The maximum atomic E-state index is 12.3. The maximum absolute atomic E-state index is 12.3. The molecule has 0 atom stereocenters. The van der Waals surface area contributed by atoms with Crippen molar-refractivity contribution in [2.24, 2.45) is 0 Å². The number of carbonyl (C=O) groups is 1. The number of aromatic nitrogens is 2. The third-order valence-corrected chi connectivity index (χ3v) is 2.72. The van der Waals surface area contributed by atoms with Crippen molar-refractivity contribution in [2.75, 3.05) is 26.2 Å². The Labute approximate surface area is 109 Å². The van der Waals surface area contributed by atoms with E-state index in [1.165, 1.54) is 0 Å². The molecule has 5 nitrogen and oxygen atoms in total. The average molecular weight is 278 g/mol. The minimum Gasteiger partial charge on any atom is -0.349 e. The third-order valence-electron chi connectivity index (χ3n) is 2.72. The number of nitrogens with zero attached hydrogens (tertiary/aromatic N) is 2. The summed E-state index contributed by atoms with van der Waals surface area (Å²) >= 11 is 0. The monoisotopic (exact) mass is 278 g/mol. The van der Waals surface area contributed by atoms with Gasteiger partial charge in [-0.3, -0.25) is 9.89 Å². The second kappa shape index (κ2) is 6.55. The average Bonchev–Trinajstić information content (AvgIpc) is 2.83. The first-order valence-electron chi connectivity index (χ1n) is 6.01. The molecule has 8 heteroatoms. The number of alkyl halides is 3. The van der Waals surface area contributed by atoms with Crippen LogP contribution in [0.3, 0.4) is 0 Å². The molecule has 108 valence electrons. The smallest absolute Gasteiger partial charge is 0.349 e. The topological polar surface area (TPSA) is 61.0 Å². The van der Waals surface area contributed by atoms with Crippen LogP contribution in [0.25, 0.3) is 0 Å². The van der Waals surface area contributed by atoms with Crippen molar-refractivity contribution in [1.29, 1.82) is 0 Å². The van der Waals surface area contributed by atoms with Crippen molar-refractivity contribution in [3.8, 4) is 0 Å². The number of halogens is 3. The molecular weight excluding hydrogens is 261 g/mol. The second-order valence-corrected chi connectivity index (χ2v) is 3.95. The zero-order chi connectivity index (χ0) is 14.5. The molecule has 0 saturated carbocycles. The number of hydrogen-bond acceptors (Lipinski definition) is 3. The van der Waals surface area contributed by atoms with Gasteiger partial charge in [0.1, 0.15) is 5.69 Å². The van der Waals surface area contributed by atoms with Gasteiger partial charge >= 0.3 is 6.18 Å². The first-order valence-corrected chi connectivity index (χ1v) is 6.01. The van der Waals surface area contributed by atoms with Crippen LogP contribution >= 0.6 is 0 Å². The van der Waals surface area contributed by atoms with Crippen LogP contribution in [0.5, 0.6) is 0 Å². The molecule has 0 aliphatic heterocycles. The number of aromatic amines is 1. The Hall–Kier alpha value is -1.57. The molecule has 0 unspecified atom stereocenters. The summed E-state index contributed by atoms with van der Waals surface area (Å²) in [5.74, 6) is -0.612. The van der Waals surface area contributed by atoms with Crippen molar-refractivity contribution in [2.45, 2.75) is 20.0 Å². The Balaban J connectivity index is 2.48. The summed E-state index contributed by atoms with van der Waals surface area (Å²) in [6.07, 6.45) is -4.52. The SMILES string of the molecule is CCN(CC)CCNC(=O)c1cc(C(F)(F)F)[nH]n1. The van der Waals surface area contributed by atoms with Crippen molar-refractivity contribution < 1.29 is 18.0 Å². The Morgan fingerprint density at radius 1 is 1.42 bits per heavy atom. The van der Waals surface area contributed by atoms with Gasteiger partial charge in [0.05, 0.1) is 0 Å². The minimum atomic E-state index is -4.52. The van der Waals surface area contributed by atoms with E-state index in [2.05, 4.69) is 15.3 Å². The van der Waals surface area contributed by atoms with Crippen molar-refractivity contribution in [1.82, 2.24) is 20.4 Å². The lowest BCUT2D eigenvalue weighted by atomic mass is 10.3. The van der Waals surface area contributed by atoms with E-state index in [1.54, 1.807) is 5.10 Å². The molecule has 0 aliphatic rings. The molecule has 0 spiro atoms. The van der Waals surface area contributed by atoms with E-state index in [9.17, 15) is 18.0 Å². The quantitative estimate of drug-likeness (QED) is 0.829. The highest BCUT2D eigenvalue weighted by Crippen LogP contribution is 2.27.